The number of hydrogen-bond acceptors (Lipinski definition) is 3. The Kier molecular flexibility index (Phi) is 3.46. The molecule has 112 valence electrons. The van der Waals surface area contributed by atoms with Crippen LogP contribution in [0.1, 0.15) is 16.1 Å². The Bertz CT molecular complexity index is 819. The molecule has 5 nitrogen and oxygen atoms in total. The molecule has 0 atom stereocenters. The average Bonchev–Trinajstić information content (AvgIpc) is 3.08. The SMILES string of the molecule is Cc1occc1C(=O)Nc1cc(-c2c(F)cccc2F)[nH]n1. The van der Waals surface area contributed by atoms with E-state index in [-0.39, 0.29) is 17.1 Å². The van der Waals surface area contributed by atoms with Crippen molar-refractivity contribution < 1.29 is 18.0 Å². The van der Waals surface area contributed by atoms with Crippen LogP contribution in [0.15, 0.2) is 41.0 Å². The molecule has 3 aromatic rings. The van der Waals surface area contributed by atoms with Crippen LogP contribution in [-0.2, 0) is 0 Å². The third kappa shape index (κ3) is 2.48. The maximum Gasteiger partial charge on any atom is 0.260 e. The number of benzene rings is 1. The summed E-state index contributed by atoms with van der Waals surface area (Å²) < 4.78 is 32.4. The van der Waals surface area contributed by atoms with E-state index >= 15 is 0 Å². The number of nitrogens with one attached hydrogen (secondary N) is 2. The smallest absolute Gasteiger partial charge is 0.260 e. The lowest BCUT2D eigenvalue weighted by molar-refractivity contribution is 0.102. The fourth-order valence-corrected chi connectivity index (χ4v) is 2.07. The van der Waals surface area contributed by atoms with Gasteiger partial charge in [-0.3, -0.25) is 9.89 Å². The van der Waals surface area contributed by atoms with Crippen molar-refractivity contribution in [3.05, 3.63) is 59.6 Å². The fraction of sp³-hybridized carbons (Fsp3) is 0.0667. The third-order valence-electron chi connectivity index (χ3n) is 3.16. The second-order valence-electron chi connectivity index (χ2n) is 4.61. The molecule has 7 heteroatoms. The van der Waals surface area contributed by atoms with E-state index in [1.807, 2.05) is 0 Å². The van der Waals surface area contributed by atoms with E-state index in [1.54, 1.807) is 6.92 Å². The number of H-pyrrole nitrogens is 1. The number of halogens is 2. The molecule has 0 fully saturated rings. The lowest BCUT2D eigenvalue weighted by Gasteiger charge is -2.01. The molecule has 1 aromatic carbocycles. The highest BCUT2D eigenvalue weighted by Crippen LogP contribution is 2.26. The van der Waals surface area contributed by atoms with Gasteiger partial charge in [-0.05, 0) is 25.1 Å². The van der Waals surface area contributed by atoms with Gasteiger partial charge in [-0.25, -0.2) is 8.78 Å². The van der Waals surface area contributed by atoms with Gasteiger partial charge in [0.25, 0.3) is 5.91 Å². The van der Waals surface area contributed by atoms with Gasteiger partial charge >= 0.3 is 0 Å². The summed E-state index contributed by atoms with van der Waals surface area (Å²) in [4.78, 5) is 12.0. The van der Waals surface area contributed by atoms with E-state index in [1.165, 1.54) is 24.5 Å². The first-order valence-electron chi connectivity index (χ1n) is 6.41. The summed E-state index contributed by atoms with van der Waals surface area (Å²) in [5.41, 5.74) is 0.270. The monoisotopic (exact) mass is 303 g/mol. The van der Waals surface area contributed by atoms with Crippen molar-refractivity contribution in [3.63, 3.8) is 0 Å². The average molecular weight is 303 g/mol. The Balaban J connectivity index is 1.86. The minimum atomic E-state index is -0.716. The minimum absolute atomic E-state index is 0.134. The molecule has 0 saturated carbocycles. The van der Waals surface area contributed by atoms with Crippen molar-refractivity contribution >= 4 is 11.7 Å². The maximum atomic E-state index is 13.7. The van der Waals surface area contributed by atoms with Crippen molar-refractivity contribution in [2.75, 3.05) is 5.32 Å². The molecular formula is C15H11F2N3O2. The number of aryl methyl sites for hydroxylation is 1. The second kappa shape index (κ2) is 5.44. The van der Waals surface area contributed by atoms with Crippen LogP contribution in [-0.4, -0.2) is 16.1 Å². The van der Waals surface area contributed by atoms with Crippen LogP contribution in [0, 0.1) is 18.6 Å². The van der Waals surface area contributed by atoms with Crippen LogP contribution in [0.25, 0.3) is 11.3 Å². The van der Waals surface area contributed by atoms with E-state index in [9.17, 15) is 13.6 Å². The third-order valence-corrected chi connectivity index (χ3v) is 3.16. The van der Waals surface area contributed by atoms with Crippen molar-refractivity contribution in [2.45, 2.75) is 6.92 Å². The first kappa shape index (κ1) is 14.0. The van der Waals surface area contributed by atoms with Gasteiger partial charge in [-0.2, -0.15) is 5.10 Å². The minimum Gasteiger partial charge on any atom is -0.469 e. The number of rotatable bonds is 3. The molecule has 0 radical (unpaired) electrons. The molecule has 1 amide bonds. The van der Waals surface area contributed by atoms with Crippen LogP contribution >= 0.6 is 0 Å². The number of anilines is 1. The first-order chi connectivity index (χ1) is 10.6. The normalized spacial score (nSPS) is 10.7. The summed E-state index contributed by atoms with van der Waals surface area (Å²) in [6.45, 7) is 1.65. The molecule has 2 aromatic heterocycles. The van der Waals surface area contributed by atoms with E-state index in [2.05, 4.69) is 15.5 Å². The Morgan fingerprint density at radius 1 is 1.27 bits per heavy atom. The van der Waals surface area contributed by atoms with Crippen molar-refractivity contribution in [1.82, 2.24) is 10.2 Å². The summed E-state index contributed by atoms with van der Waals surface area (Å²) in [7, 11) is 0. The molecule has 0 saturated heterocycles. The first-order valence-corrected chi connectivity index (χ1v) is 6.41. The van der Waals surface area contributed by atoms with Gasteiger partial charge in [-0.15, -0.1) is 0 Å². The summed E-state index contributed by atoms with van der Waals surface area (Å²) in [5, 5.41) is 8.86. The van der Waals surface area contributed by atoms with E-state index in [0.717, 1.165) is 12.1 Å². The molecular weight excluding hydrogens is 292 g/mol. The molecule has 2 heterocycles. The van der Waals surface area contributed by atoms with Gasteiger partial charge in [0, 0.05) is 6.07 Å². The Morgan fingerprint density at radius 2 is 2.00 bits per heavy atom. The summed E-state index contributed by atoms with van der Waals surface area (Å²) in [5.74, 6) is -1.23. The van der Waals surface area contributed by atoms with E-state index in [0.29, 0.717) is 11.3 Å². The zero-order valence-electron chi connectivity index (χ0n) is 11.5. The lowest BCUT2D eigenvalue weighted by atomic mass is 10.1. The molecule has 0 aliphatic carbocycles. The summed E-state index contributed by atoms with van der Waals surface area (Å²) in [6, 6.07) is 6.44. The van der Waals surface area contributed by atoms with Crippen LogP contribution in [0.3, 0.4) is 0 Å². The number of furan rings is 1. The van der Waals surface area contributed by atoms with Gasteiger partial charge < -0.3 is 9.73 Å². The number of carbonyl (C=O) groups is 1. The fourth-order valence-electron chi connectivity index (χ4n) is 2.07. The predicted octanol–water partition coefficient (Wildman–Crippen LogP) is 3.51. The number of aromatic amines is 1. The van der Waals surface area contributed by atoms with Gasteiger partial charge in [0.2, 0.25) is 0 Å². The molecule has 22 heavy (non-hydrogen) atoms. The van der Waals surface area contributed by atoms with Gasteiger partial charge in [-0.1, -0.05) is 6.07 Å². The molecule has 0 spiro atoms. The maximum absolute atomic E-state index is 13.7. The molecule has 2 N–H and O–H groups in total. The number of aromatic nitrogens is 2. The Hall–Kier alpha value is -2.96. The summed E-state index contributed by atoms with van der Waals surface area (Å²) in [6.07, 6.45) is 1.40. The van der Waals surface area contributed by atoms with Crippen molar-refractivity contribution in [3.8, 4) is 11.3 Å². The van der Waals surface area contributed by atoms with Gasteiger partial charge in [0.1, 0.15) is 17.4 Å². The zero-order valence-corrected chi connectivity index (χ0v) is 11.5. The number of hydrogen-bond donors (Lipinski definition) is 2. The molecule has 0 aliphatic heterocycles. The number of amides is 1. The lowest BCUT2D eigenvalue weighted by Crippen LogP contribution is -2.12. The Morgan fingerprint density at radius 3 is 2.64 bits per heavy atom. The Labute approximate surface area is 124 Å². The van der Waals surface area contributed by atoms with Crippen molar-refractivity contribution in [1.29, 1.82) is 0 Å². The molecule has 0 bridgehead atoms. The van der Waals surface area contributed by atoms with Gasteiger partial charge in [0.05, 0.1) is 23.1 Å². The largest absolute Gasteiger partial charge is 0.469 e. The number of nitrogens with zero attached hydrogens (tertiary/aromatic N) is 1. The van der Waals surface area contributed by atoms with Crippen LogP contribution in [0.4, 0.5) is 14.6 Å². The quantitative estimate of drug-likeness (QED) is 0.778. The predicted molar refractivity (Wildman–Crippen MR) is 75.3 cm³/mol. The van der Waals surface area contributed by atoms with E-state index in [4.69, 9.17) is 4.42 Å². The highest BCUT2D eigenvalue weighted by Gasteiger charge is 2.16. The highest BCUT2D eigenvalue weighted by molar-refractivity contribution is 6.04. The van der Waals surface area contributed by atoms with Crippen molar-refractivity contribution in [2.24, 2.45) is 0 Å². The number of carbonyl (C=O) groups excluding carboxylic acids is 1. The van der Waals surface area contributed by atoms with Crippen LogP contribution in [0.5, 0.6) is 0 Å². The second-order valence-corrected chi connectivity index (χ2v) is 4.61. The molecule has 0 unspecified atom stereocenters. The summed E-state index contributed by atoms with van der Waals surface area (Å²) >= 11 is 0. The standard InChI is InChI=1S/C15H11F2N3O2/c1-8-9(5-6-22-8)15(21)18-13-7-12(19-20-13)14-10(16)3-2-4-11(14)17/h2-7H,1H3,(H2,18,19,20,21). The molecule has 3 rings (SSSR count). The van der Waals surface area contributed by atoms with Gasteiger partial charge in [0.15, 0.2) is 5.82 Å². The topological polar surface area (TPSA) is 70.9 Å². The molecule has 0 aliphatic rings. The van der Waals surface area contributed by atoms with Crippen LogP contribution in [0.2, 0.25) is 0 Å². The highest BCUT2D eigenvalue weighted by atomic mass is 19.1. The van der Waals surface area contributed by atoms with Crippen LogP contribution < -0.4 is 5.32 Å². The van der Waals surface area contributed by atoms with E-state index < -0.39 is 17.5 Å². The zero-order chi connectivity index (χ0) is 15.7.